The Hall–Kier alpha value is -2.67. The molecule has 0 saturated carbocycles. The lowest BCUT2D eigenvalue weighted by Crippen LogP contribution is -2.32. The van der Waals surface area contributed by atoms with E-state index in [-0.39, 0.29) is 17.7 Å². The predicted molar refractivity (Wildman–Crippen MR) is 92.4 cm³/mol. The summed E-state index contributed by atoms with van der Waals surface area (Å²) in [6.45, 7) is 0. The van der Waals surface area contributed by atoms with Gasteiger partial charge >= 0.3 is 0 Å². The molecule has 0 bridgehead atoms. The number of nitrogens with zero attached hydrogens (tertiary/aromatic N) is 4. The van der Waals surface area contributed by atoms with E-state index in [1.807, 2.05) is 48.1 Å². The van der Waals surface area contributed by atoms with Gasteiger partial charge in [-0.1, -0.05) is 42.1 Å². The third-order valence-corrected chi connectivity index (χ3v) is 4.30. The maximum Gasteiger partial charge on any atom is 0.231 e. The molecule has 1 N–H and O–H groups in total. The maximum atomic E-state index is 12.4. The molecular formula is C17H17N5OS. The van der Waals surface area contributed by atoms with Crippen molar-refractivity contribution in [3.05, 3.63) is 72.6 Å². The number of carbonyl (C=O) groups excluding carboxylic acids is 1. The van der Waals surface area contributed by atoms with Crippen LogP contribution in [0.25, 0.3) is 0 Å². The number of aromatic nitrogens is 4. The van der Waals surface area contributed by atoms with Crippen LogP contribution in [0, 0.1) is 0 Å². The molecule has 2 heterocycles. The second-order valence-corrected chi connectivity index (χ2v) is 6.07. The summed E-state index contributed by atoms with van der Waals surface area (Å²) < 4.78 is 1.91. The van der Waals surface area contributed by atoms with E-state index in [9.17, 15) is 4.79 Å². The molecule has 0 aliphatic heterocycles. The molecule has 2 aromatic heterocycles. The van der Waals surface area contributed by atoms with Gasteiger partial charge in [-0.2, -0.15) is 0 Å². The molecule has 1 unspecified atom stereocenters. The first-order valence-corrected chi connectivity index (χ1v) is 8.44. The Labute approximate surface area is 144 Å². The molecular weight excluding hydrogens is 322 g/mol. The lowest BCUT2D eigenvalue weighted by molar-refractivity contribution is -0.119. The first-order valence-electron chi connectivity index (χ1n) is 7.45. The van der Waals surface area contributed by atoms with Gasteiger partial charge in [0.2, 0.25) is 5.91 Å². The minimum atomic E-state index is -0.295. The average molecular weight is 339 g/mol. The van der Waals surface area contributed by atoms with E-state index in [0.717, 1.165) is 11.4 Å². The summed E-state index contributed by atoms with van der Waals surface area (Å²) in [5, 5.41) is 3.63. The van der Waals surface area contributed by atoms with Crippen molar-refractivity contribution in [3.8, 4) is 0 Å². The van der Waals surface area contributed by atoms with Gasteiger partial charge in [0.1, 0.15) is 11.9 Å². The van der Waals surface area contributed by atoms with Crippen molar-refractivity contribution < 1.29 is 4.79 Å². The molecule has 6 nitrogen and oxygen atoms in total. The van der Waals surface area contributed by atoms with E-state index < -0.39 is 0 Å². The Bertz CT molecular complexity index is 791. The SMILES string of the molecule is Cn1ccnc1C(NC(=O)CSc1ncccn1)c1ccccc1. The fraction of sp³-hybridized carbons (Fsp3) is 0.176. The van der Waals surface area contributed by atoms with E-state index in [0.29, 0.717) is 5.16 Å². The van der Waals surface area contributed by atoms with E-state index in [1.54, 1.807) is 24.7 Å². The number of thioether (sulfide) groups is 1. The fourth-order valence-corrected chi connectivity index (χ4v) is 2.90. The van der Waals surface area contributed by atoms with Crippen molar-refractivity contribution in [2.45, 2.75) is 11.2 Å². The van der Waals surface area contributed by atoms with Gasteiger partial charge in [-0.3, -0.25) is 4.79 Å². The second-order valence-electron chi connectivity index (χ2n) is 5.13. The zero-order valence-electron chi connectivity index (χ0n) is 13.2. The standard InChI is InChI=1S/C17H17N5OS/c1-22-11-10-18-16(22)15(13-6-3-2-4-7-13)21-14(23)12-24-17-19-8-5-9-20-17/h2-11,15H,12H2,1H3,(H,21,23). The largest absolute Gasteiger partial charge is 0.341 e. The van der Waals surface area contributed by atoms with Crippen LogP contribution in [0.4, 0.5) is 0 Å². The molecule has 24 heavy (non-hydrogen) atoms. The summed E-state index contributed by atoms with van der Waals surface area (Å²) >= 11 is 1.31. The molecule has 122 valence electrons. The highest BCUT2D eigenvalue weighted by Gasteiger charge is 2.20. The van der Waals surface area contributed by atoms with Crippen molar-refractivity contribution >= 4 is 17.7 Å². The normalized spacial score (nSPS) is 11.9. The number of rotatable bonds is 6. The van der Waals surface area contributed by atoms with Crippen molar-refractivity contribution in [2.75, 3.05) is 5.75 Å². The summed E-state index contributed by atoms with van der Waals surface area (Å²) in [6.07, 6.45) is 6.91. The maximum absolute atomic E-state index is 12.4. The molecule has 1 amide bonds. The van der Waals surface area contributed by atoms with Crippen molar-refractivity contribution in [3.63, 3.8) is 0 Å². The number of imidazole rings is 1. The van der Waals surface area contributed by atoms with Crippen LogP contribution >= 0.6 is 11.8 Å². The number of carbonyl (C=O) groups is 1. The van der Waals surface area contributed by atoms with E-state index in [4.69, 9.17) is 0 Å². The van der Waals surface area contributed by atoms with Gasteiger partial charge in [0.05, 0.1) is 5.75 Å². The van der Waals surface area contributed by atoms with Crippen LogP contribution in [0.15, 0.2) is 66.3 Å². The zero-order valence-corrected chi connectivity index (χ0v) is 14.0. The minimum absolute atomic E-state index is 0.0932. The lowest BCUT2D eigenvalue weighted by atomic mass is 10.1. The third-order valence-electron chi connectivity index (χ3n) is 3.43. The smallest absolute Gasteiger partial charge is 0.231 e. The molecule has 0 spiro atoms. The molecule has 1 aromatic carbocycles. The topological polar surface area (TPSA) is 72.7 Å². The number of amides is 1. The average Bonchev–Trinajstić information content (AvgIpc) is 3.05. The minimum Gasteiger partial charge on any atom is -0.341 e. The summed E-state index contributed by atoms with van der Waals surface area (Å²) in [5.74, 6) is 0.942. The van der Waals surface area contributed by atoms with Crippen LogP contribution in [0.5, 0.6) is 0 Å². The summed E-state index contributed by atoms with van der Waals surface area (Å²) in [7, 11) is 1.91. The van der Waals surface area contributed by atoms with Crippen LogP contribution < -0.4 is 5.32 Å². The third kappa shape index (κ3) is 3.99. The predicted octanol–water partition coefficient (Wildman–Crippen LogP) is 2.21. The molecule has 0 fully saturated rings. The summed E-state index contributed by atoms with van der Waals surface area (Å²) in [4.78, 5) is 25.0. The van der Waals surface area contributed by atoms with Crippen LogP contribution in [0.1, 0.15) is 17.4 Å². The first kappa shape index (κ1) is 16.2. The van der Waals surface area contributed by atoms with Crippen molar-refractivity contribution in [1.29, 1.82) is 0 Å². The molecule has 3 rings (SSSR count). The second kappa shape index (κ2) is 7.74. The first-order chi connectivity index (χ1) is 11.7. The molecule has 7 heteroatoms. The Kier molecular flexibility index (Phi) is 5.22. The molecule has 1 atom stereocenters. The molecule has 0 aliphatic carbocycles. The monoisotopic (exact) mass is 339 g/mol. The van der Waals surface area contributed by atoms with Gasteiger partial charge in [0, 0.05) is 31.8 Å². The Morgan fingerprint density at radius 2 is 1.88 bits per heavy atom. The Morgan fingerprint density at radius 1 is 1.12 bits per heavy atom. The highest BCUT2D eigenvalue weighted by Crippen LogP contribution is 2.20. The number of benzene rings is 1. The number of hydrogen-bond donors (Lipinski definition) is 1. The molecule has 0 saturated heterocycles. The van der Waals surface area contributed by atoms with Crippen LogP contribution in [-0.2, 0) is 11.8 Å². The van der Waals surface area contributed by atoms with Gasteiger partial charge in [0.15, 0.2) is 5.16 Å². The van der Waals surface area contributed by atoms with Gasteiger partial charge < -0.3 is 9.88 Å². The van der Waals surface area contributed by atoms with Crippen LogP contribution in [0.2, 0.25) is 0 Å². The van der Waals surface area contributed by atoms with Crippen molar-refractivity contribution in [2.24, 2.45) is 7.05 Å². The Balaban J connectivity index is 1.72. The van der Waals surface area contributed by atoms with Crippen LogP contribution in [0.3, 0.4) is 0 Å². The zero-order chi connectivity index (χ0) is 16.8. The van der Waals surface area contributed by atoms with Crippen LogP contribution in [-0.4, -0.2) is 31.2 Å². The highest BCUT2D eigenvalue weighted by molar-refractivity contribution is 7.99. The molecule has 0 radical (unpaired) electrons. The molecule has 0 aliphatic rings. The number of nitrogens with one attached hydrogen (secondary N) is 1. The summed E-state index contributed by atoms with van der Waals surface area (Å²) in [6, 6.07) is 11.3. The Morgan fingerprint density at radius 3 is 2.54 bits per heavy atom. The van der Waals surface area contributed by atoms with Gasteiger partial charge in [0.25, 0.3) is 0 Å². The lowest BCUT2D eigenvalue weighted by Gasteiger charge is -2.19. The van der Waals surface area contributed by atoms with E-state index >= 15 is 0 Å². The number of aryl methyl sites for hydroxylation is 1. The van der Waals surface area contributed by atoms with E-state index in [1.165, 1.54) is 11.8 Å². The summed E-state index contributed by atoms with van der Waals surface area (Å²) in [5.41, 5.74) is 0.987. The van der Waals surface area contributed by atoms with Crippen molar-refractivity contribution in [1.82, 2.24) is 24.8 Å². The highest BCUT2D eigenvalue weighted by atomic mass is 32.2. The van der Waals surface area contributed by atoms with E-state index in [2.05, 4.69) is 20.3 Å². The number of hydrogen-bond acceptors (Lipinski definition) is 5. The molecule has 3 aromatic rings. The quantitative estimate of drug-likeness (QED) is 0.551. The van der Waals surface area contributed by atoms with Gasteiger partial charge in [-0.05, 0) is 11.6 Å². The van der Waals surface area contributed by atoms with Gasteiger partial charge in [-0.25, -0.2) is 15.0 Å². The fourth-order valence-electron chi connectivity index (χ4n) is 2.29. The van der Waals surface area contributed by atoms with Gasteiger partial charge in [-0.15, -0.1) is 0 Å².